The highest BCUT2D eigenvalue weighted by atomic mass is 16.5. The van der Waals surface area contributed by atoms with Crippen molar-refractivity contribution in [2.45, 2.75) is 19.9 Å². The van der Waals surface area contributed by atoms with Crippen LogP contribution in [0, 0.1) is 0 Å². The molecule has 0 fully saturated rings. The number of nitrogens with zero attached hydrogens (tertiary/aromatic N) is 1. The number of hydrogen-bond acceptors (Lipinski definition) is 5. The van der Waals surface area contributed by atoms with E-state index in [1.165, 1.54) is 7.11 Å². The maximum absolute atomic E-state index is 13.2. The first-order valence-corrected chi connectivity index (χ1v) is 10.0. The lowest BCUT2D eigenvalue weighted by Gasteiger charge is -2.27. The van der Waals surface area contributed by atoms with Gasteiger partial charge in [-0.05, 0) is 43.3 Å². The predicted molar refractivity (Wildman–Crippen MR) is 115 cm³/mol. The number of benzene rings is 2. The number of carbonyl (C=O) groups is 3. The number of nitrogens with one attached hydrogen (secondary N) is 2. The highest BCUT2D eigenvalue weighted by Crippen LogP contribution is 2.29. The van der Waals surface area contributed by atoms with Gasteiger partial charge in [0.05, 0.1) is 19.3 Å². The van der Waals surface area contributed by atoms with E-state index in [4.69, 9.17) is 9.47 Å². The Morgan fingerprint density at radius 1 is 1.13 bits per heavy atom. The summed E-state index contributed by atoms with van der Waals surface area (Å²) in [5.74, 6) is -0.525. The Morgan fingerprint density at radius 2 is 1.97 bits per heavy atom. The standard InChI is InChI=1S/C23H23N3O5/c1-3-31-23(29)24-16-6-4-5-14(11-16)21(27)26-10-9-20-18(13-26)17-12-15(22(28)30-2)7-8-19(17)25-20/h4-8,11-12,25H,3,9-10,13H2,1-2H3,(H,24,29). The molecule has 160 valence electrons. The van der Waals surface area contributed by atoms with Crippen LogP contribution < -0.4 is 5.32 Å². The van der Waals surface area contributed by atoms with Gasteiger partial charge in [0, 0.05) is 52.9 Å². The second kappa shape index (κ2) is 8.51. The number of aromatic nitrogens is 1. The molecule has 2 heterocycles. The van der Waals surface area contributed by atoms with Crippen molar-refractivity contribution in [2.24, 2.45) is 0 Å². The van der Waals surface area contributed by atoms with Gasteiger partial charge in [-0.25, -0.2) is 9.59 Å². The summed E-state index contributed by atoms with van der Waals surface area (Å²) < 4.78 is 9.71. The molecule has 3 aromatic rings. The fourth-order valence-corrected chi connectivity index (χ4v) is 3.83. The zero-order chi connectivity index (χ0) is 22.0. The number of H-pyrrole nitrogens is 1. The third-order valence-electron chi connectivity index (χ3n) is 5.31. The molecule has 0 bridgehead atoms. The first-order valence-electron chi connectivity index (χ1n) is 10.0. The van der Waals surface area contributed by atoms with Gasteiger partial charge in [-0.3, -0.25) is 10.1 Å². The summed E-state index contributed by atoms with van der Waals surface area (Å²) >= 11 is 0. The molecule has 0 saturated carbocycles. The topological polar surface area (TPSA) is 101 Å². The minimum atomic E-state index is -0.560. The summed E-state index contributed by atoms with van der Waals surface area (Å²) in [6.07, 6.45) is 0.124. The van der Waals surface area contributed by atoms with Crippen LogP contribution in [0.5, 0.6) is 0 Å². The van der Waals surface area contributed by atoms with Crippen LogP contribution in [0.2, 0.25) is 0 Å². The van der Waals surface area contributed by atoms with Crippen molar-refractivity contribution in [3.63, 3.8) is 0 Å². The molecule has 0 unspecified atom stereocenters. The van der Waals surface area contributed by atoms with Gasteiger partial charge >= 0.3 is 12.1 Å². The van der Waals surface area contributed by atoms with Crippen LogP contribution in [-0.2, 0) is 22.4 Å². The lowest BCUT2D eigenvalue weighted by atomic mass is 10.0. The van der Waals surface area contributed by atoms with Gasteiger partial charge in [0.15, 0.2) is 0 Å². The monoisotopic (exact) mass is 421 g/mol. The molecule has 1 aromatic heterocycles. The van der Waals surface area contributed by atoms with E-state index in [-0.39, 0.29) is 12.5 Å². The number of carbonyl (C=O) groups excluding carboxylic acids is 3. The van der Waals surface area contributed by atoms with Gasteiger partial charge in [0.25, 0.3) is 5.91 Å². The number of amides is 2. The minimum Gasteiger partial charge on any atom is -0.465 e. The van der Waals surface area contributed by atoms with Gasteiger partial charge in [-0.1, -0.05) is 6.07 Å². The van der Waals surface area contributed by atoms with Crippen molar-refractivity contribution in [2.75, 3.05) is 25.6 Å². The lowest BCUT2D eigenvalue weighted by Crippen LogP contribution is -2.35. The molecule has 0 aliphatic carbocycles. The SMILES string of the molecule is CCOC(=O)Nc1cccc(C(=O)N2CCc3[nH]c4ccc(C(=O)OC)cc4c3C2)c1. The largest absolute Gasteiger partial charge is 0.465 e. The van der Waals surface area contributed by atoms with E-state index in [1.807, 2.05) is 6.07 Å². The van der Waals surface area contributed by atoms with Crippen molar-refractivity contribution in [3.8, 4) is 0 Å². The van der Waals surface area contributed by atoms with E-state index in [9.17, 15) is 14.4 Å². The second-order valence-electron chi connectivity index (χ2n) is 7.24. The average molecular weight is 421 g/mol. The molecule has 0 spiro atoms. The van der Waals surface area contributed by atoms with Gasteiger partial charge in [-0.2, -0.15) is 0 Å². The third-order valence-corrected chi connectivity index (χ3v) is 5.31. The van der Waals surface area contributed by atoms with Gasteiger partial charge < -0.3 is 19.4 Å². The molecule has 1 aliphatic heterocycles. The van der Waals surface area contributed by atoms with E-state index in [2.05, 4.69) is 10.3 Å². The molecule has 0 radical (unpaired) electrons. The van der Waals surface area contributed by atoms with E-state index in [0.717, 1.165) is 22.2 Å². The molecule has 0 saturated heterocycles. The lowest BCUT2D eigenvalue weighted by molar-refractivity contribution is 0.0600. The Hall–Kier alpha value is -3.81. The maximum Gasteiger partial charge on any atom is 0.411 e. The smallest absolute Gasteiger partial charge is 0.411 e. The van der Waals surface area contributed by atoms with Crippen molar-refractivity contribution < 1.29 is 23.9 Å². The van der Waals surface area contributed by atoms with Crippen LogP contribution in [0.15, 0.2) is 42.5 Å². The quantitative estimate of drug-likeness (QED) is 0.626. The van der Waals surface area contributed by atoms with E-state index in [1.54, 1.807) is 48.2 Å². The van der Waals surface area contributed by atoms with Crippen LogP contribution >= 0.6 is 0 Å². The zero-order valence-corrected chi connectivity index (χ0v) is 17.4. The van der Waals surface area contributed by atoms with E-state index in [0.29, 0.717) is 36.3 Å². The zero-order valence-electron chi connectivity index (χ0n) is 17.4. The molecular weight excluding hydrogens is 398 g/mol. The number of aromatic amines is 1. The molecule has 8 nitrogen and oxygen atoms in total. The van der Waals surface area contributed by atoms with Gasteiger partial charge in [0.2, 0.25) is 0 Å². The highest BCUT2D eigenvalue weighted by Gasteiger charge is 2.25. The summed E-state index contributed by atoms with van der Waals surface area (Å²) in [5, 5.41) is 3.53. The number of fused-ring (bicyclic) bond motifs is 3. The van der Waals surface area contributed by atoms with Gasteiger partial charge in [-0.15, -0.1) is 0 Å². The Kier molecular flexibility index (Phi) is 5.62. The Labute approximate surface area is 179 Å². The Balaban J connectivity index is 1.57. The summed E-state index contributed by atoms with van der Waals surface area (Å²) in [6.45, 7) is 2.98. The molecule has 2 N–H and O–H groups in total. The Morgan fingerprint density at radius 3 is 2.74 bits per heavy atom. The molecule has 31 heavy (non-hydrogen) atoms. The number of rotatable bonds is 4. The third kappa shape index (κ3) is 4.09. The molecule has 2 amide bonds. The summed E-state index contributed by atoms with van der Waals surface area (Å²) in [5.41, 5.74) is 4.44. The van der Waals surface area contributed by atoms with Gasteiger partial charge in [0.1, 0.15) is 0 Å². The summed E-state index contributed by atoms with van der Waals surface area (Å²) in [7, 11) is 1.35. The molecule has 4 rings (SSSR count). The second-order valence-corrected chi connectivity index (χ2v) is 7.24. The van der Waals surface area contributed by atoms with Crippen molar-refractivity contribution in [1.29, 1.82) is 0 Å². The number of methoxy groups -OCH3 is 1. The van der Waals surface area contributed by atoms with Crippen molar-refractivity contribution in [1.82, 2.24) is 9.88 Å². The fraction of sp³-hybridized carbons (Fsp3) is 0.261. The number of hydrogen-bond donors (Lipinski definition) is 2. The predicted octanol–water partition coefficient (Wildman–Crippen LogP) is 3.72. The van der Waals surface area contributed by atoms with Crippen LogP contribution in [0.1, 0.15) is 38.9 Å². The molecule has 1 aliphatic rings. The number of ether oxygens (including phenoxy) is 2. The van der Waals surface area contributed by atoms with Crippen molar-refractivity contribution in [3.05, 3.63) is 64.8 Å². The minimum absolute atomic E-state index is 0.128. The van der Waals surface area contributed by atoms with E-state index >= 15 is 0 Å². The highest BCUT2D eigenvalue weighted by molar-refractivity contribution is 5.98. The first-order chi connectivity index (χ1) is 15.0. The average Bonchev–Trinajstić information content (AvgIpc) is 3.15. The number of anilines is 1. The molecule has 2 aromatic carbocycles. The Bertz CT molecular complexity index is 1170. The maximum atomic E-state index is 13.2. The fourth-order valence-electron chi connectivity index (χ4n) is 3.83. The molecular formula is C23H23N3O5. The summed E-state index contributed by atoms with van der Waals surface area (Å²) in [4.78, 5) is 41.9. The van der Waals surface area contributed by atoms with Crippen LogP contribution in [0.4, 0.5) is 10.5 Å². The molecule has 8 heteroatoms. The first kappa shape index (κ1) is 20.5. The molecule has 0 atom stereocenters. The van der Waals surface area contributed by atoms with Crippen LogP contribution in [0.3, 0.4) is 0 Å². The summed E-state index contributed by atoms with van der Waals surface area (Å²) in [6, 6.07) is 12.2. The van der Waals surface area contributed by atoms with Crippen LogP contribution in [0.25, 0.3) is 10.9 Å². The number of esters is 1. The van der Waals surface area contributed by atoms with E-state index < -0.39 is 12.1 Å². The normalized spacial score (nSPS) is 12.9. The van der Waals surface area contributed by atoms with Crippen LogP contribution in [-0.4, -0.2) is 48.1 Å². The van der Waals surface area contributed by atoms with Crippen molar-refractivity contribution >= 4 is 34.6 Å².